The molecule has 3 rings (SSSR count). The molecular formula is C54H74N10O13. The van der Waals surface area contributed by atoms with Gasteiger partial charge >= 0.3 is 5.97 Å². The van der Waals surface area contributed by atoms with E-state index in [9.17, 15) is 57.5 Å². The van der Waals surface area contributed by atoms with Gasteiger partial charge in [-0.15, -0.1) is 0 Å². The lowest BCUT2D eigenvalue weighted by molar-refractivity contribution is -0.156. The molecule has 8 atom stereocenters. The zero-order valence-corrected chi connectivity index (χ0v) is 44.9. The second-order valence-electron chi connectivity index (χ2n) is 20.0. The molecule has 1 aliphatic rings. The lowest BCUT2D eigenvalue weighted by Crippen LogP contribution is -2.62. The molecule has 0 unspecified atom stereocenters. The van der Waals surface area contributed by atoms with Crippen molar-refractivity contribution in [2.24, 2.45) is 29.4 Å². The van der Waals surface area contributed by atoms with E-state index in [0.29, 0.717) is 23.0 Å². The molecule has 2 aromatic rings. The van der Waals surface area contributed by atoms with E-state index in [1.165, 1.54) is 25.2 Å². The molecule has 10 amide bonds. The summed E-state index contributed by atoms with van der Waals surface area (Å²) in [6.45, 7) is 13.2. The molecule has 1 aliphatic heterocycles. The summed E-state index contributed by atoms with van der Waals surface area (Å²) in [5.41, 5.74) is 7.22. The van der Waals surface area contributed by atoms with E-state index in [1.54, 1.807) is 110 Å². The smallest absolute Gasteiger partial charge is 0.328 e. The molecule has 1 saturated heterocycles. The van der Waals surface area contributed by atoms with Crippen molar-refractivity contribution in [2.45, 2.75) is 130 Å². The Balaban J connectivity index is 2.17. The highest BCUT2D eigenvalue weighted by molar-refractivity contribution is 6.00. The maximum atomic E-state index is 14.5. The monoisotopic (exact) mass is 1070 g/mol. The lowest BCUT2D eigenvalue weighted by Gasteiger charge is -2.30. The van der Waals surface area contributed by atoms with E-state index in [1.807, 2.05) is 0 Å². The van der Waals surface area contributed by atoms with Crippen LogP contribution in [0.25, 0.3) is 12.2 Å². The number of hydrogen-bond acceptors (Lipinski definition) is 13. The molecule has 0 bridgehead atoms. The average Bonchev–Trinajstić information content (AvgIpc) is 3.36. The molecule has 0 aromatic heterocycles. The van der Waals surface area contributed by atoms with E-state index in [4.69, 9.17) is 10.5 Å². The molecule has 1 fully saturated rings. The summed E-state index contributed by atoms with van der Waals surface area (Å²) in [5, 5.41) is 22.7. The van der Waals surface area contributed by atoms with Crippen molar-refractivity contribution in [2.75, 3.05) is 13.1 Å². The predicted octanol–water partition coefficient (Wildman–Crippen LogP) is -0.385. The minimum atomic E-state index is -1.83. The number of ether oxygens (including phenoxy) is 1. The Hall–Kier alpha value is -8.24. The van der Waals surface area contributed by atoms with E-state index in [0.717, 1.165) is 6.08 Å². The lowest BCUT2D eigenvalue weighted by atomic mass is 9.99. The number of benzene rings is 2. The predicted molar refractivity (Wildman–Crippen MR) is 284 cm³/mol. The van der Waals surface area contributed by atoms with Crippen LogP contribution in [0.3, 0.4) is 0 Å². The number of rotatable bonds is 14. The van der Waals surface area contributed by atoms with Gasteiger partial charge in [0.2, 0.25) is 59.1 Å². The van der Waals surface area contributed by atoms with Crippen LogP contribution in [-0.2, 0) is 68.7 Å². The van der Waals surface area contributed by atoms with Crippen LogP contribution in [0.2, 0.25) is 0 Å². The number of primary amides is 1. The second-order valence-corrected chi connectivity index (χ2v) is 20.0. The molecular weight excluding hydrogens is 997 g/mol. The molecule has 0 saturated carbocycles. The highest BCUT2D eigenvalue weighted by atomic mass is 16.5. The average molecular weight is 1070 g/mol. The molecule has 23 nitrogen and oxygen atoms in total. The van der Waals surface area contributed by atoms with Gasteiger partial charge in [0.15, 0.2) is 0 Å². The summed E-state index contributed by atoms with van der Waals surface area (Å²) in [6, 6.07) is 4.92. The number of carbonyl (C=O) groups excluding carboxylic acids is 12. The summed E-state index contributed by atoms with van der Waals surface area (Å²) < 4.78 is 5.79. The Morgan fingerprint density at radius 2 is 1.12 bits per heavy atom. The van der Waals surface area contributed by atoms with Crippen LogP contribution in [0.5, 0.6) is 0 Å². The fourth-order valence-corrected chi connectivity index (χ4v) is 7.85. The number of carbonyl (C=O) groups is 12. The van der Waals surface area contributed by atoms with Crippen molar-refractivity contribution in [3.63, 3.8) is 0 Å². The molecule has 0 spiro atoms. The van der Waals surface area contributed by atoms with Gasteiger partial charge in [-0.2, -0.15) is 0 Å². The highest BCUT2D eigenvalue weighted by Gasteiger charge is 2.38. The van der Waals surface area contributed by atoms with Crippen LogP contribution in [-0.4, -0.2) is 133 Å². The third-order valence-electron chi connectivity index (χ3n) is 12.0. The van der Waals surface area contributed by atoms with Crippen molar-refractivity contribution < 1.29 is 62.3 Å². The number of cyclic esters (lactones) is 1. The van der Waals surface area contributed by atoms with E-state index >= 15 is 0 Å². The third-order valence-corrected chi connectivity index (χ3v) is 12.0. The first kappa shape index (κ1) is 63.1. The molecule has 0 aliphatic carbocycles. The standard InChI is InChI=1S/C54H74N10O13/c1-29(2)24-39-54(76)77-33(9)47(61-41(67)22-21-36-19-14-13-18-35(36)20-15-23-65)53(75)59-38(26-40(55)66)49(71)64-46(32(7)8)52(74)58-37(25-34-16-11-10-12-17-34)48(70)63-44(30(3)4)50(72)57-27-42(68)56-28-43(69)62-45(31(5)6)51(73)60-39/h10-23,29-33,37-39,44-47H,24-28H2,1-9H3,(H2,55,66)(H,56,68)(H,57,72)(H,58,74)(H,59,75)(H,60,73)(H,61,67)(H,62,69)(H,63,70)(H,64,71)/b20-15+,22-21+/t33-,37+,38-,39+,44-,45-,46-,47-/m1/s1. The minimum Gasteiger partial charge on any atom is -0.458 e. The maximum Gasteiger partial charge on any atom is 0.328 e. The van der Waals surface area contributed by atoms with E-state index in [-0.39, 0.29) is 18.8 Å². The van der Waals surface area contributed by atoms with Crippen LogP contribution in [0, 0.1) is 23.7 Å². The van der Waals surface area contributed by atoms with Gasteiger partial charge in [0.1, 0.15) is 54.7 Å². The van der Waals surface area contributed by atoms with E-state index < -0.39 is 151 Å². The number of allylic oxidation sites excluding steroid dienone is 1. The van der Waals surface area contributed by atoms with E-state index in [2.05, 4.69) is 47.9 Å². The Bertz CT molecular complexity index is 2510. The fourth-order valence-electron chi connectivity index (χ4n) is 7.85. The largest absolute Gasteiger partial charge is 0.458 e. The first-order valence-electron chi connectivity index (χ1n) is 25.4. The molecule has 2 aromatic carbocycles. The summed E-state index contributed by atoms with van der Waals surface area (Å²) in [4.78, 5) is 162. The van der Waals surface area contributed by atoms with Gasteiger partial charge in [0.25, 0.3) is 0 Å². The molecule has 23 heteroatoms. The van der Waals surface area contributed by atoms with Crippen molar-refractivity contribution >= 4 is 83.5 Å². The summed E-state index contributed by atoms with van der Waals surface area (Å²) in [7, 11) is 0. The maximum absolute atomic E-state index is 14.5. The van der Waals surface area contributed by atoms with Crippen LogP contribution in [0.4, 0.5) is 0 Å². The van der Waals surface area contributed by atoms with Gasteiger partial charge < -0.3 is 58.3 Å². The summed E-state index contributed by atoms with van der Waals surface area (Å²) in [6.07, 6.45) is 3.26. The topological polar surface area (TPSA) is 348 Å². The number of nitrogens with two attached hydrogens (primary N) is 1. The first-order chi connectivity index (χ1) is 36.3. The Morgan fingerprint density at radius 3 is 1.68 bits per heavy atom. The molecule has 11 N–H and O–H groups in total. The van der Waals surface area contributed by atoms with Crippen molar-refractivity contribution in [1.29, 1.82) is 0 Å². The van der Waals surface area contributed by atoms with Crippen molar-refractivity contribution in [3.05, 3.63) is 83.4 Å². The molecule has 1 heterocycles. The van der Waals surface area contributed by atoms with Crippen LogP contribution in [0.1, 0.15) is 91.8 Å². The number of aldehydes is 1. The summed E-state index contributed by atoms with van der Waals surface area (Å²) in [5.74, 6) is -12.3. The van der Waals surface area contributed by atoms with Gasteiger partial charge in [-0.25, -0.2) is 4.79 Å². The Labute approximate surface area is 448 Å². The third kappa shape index (κ3) is 21.1. The number of amides is 10. The molecule has 0 radical (unpaired) electrons. The Kier molecular flexibility index (Phi) is 25.4. The SMILES string of the molecule is CC(C)C[C@@H]1NC(=O)[C@@H](C(C)C)NC(=O)CNC(=O)CNC(=O)[C@@H](C(C)C)NC(=O)[C@H](Cc2ccccc2)NC(=O)[C@@H](C(C)C)NC(=O)[C@@H](CC(N)=O)NC(=O)[C@H](NC(=O)/C=C/c2ccccc2/C=C/C=O)[C@@H](C)OC1=O. The van der Waals surface area contributed by atoms with Crippen LogP contribution >= 0.6 is 0 Å². The number of nitrogens with one attached hydrogen (secondary N) is 9. The van der Waals surface area contributed by atoms with Crippen LogP contribution < -0.4 is 53.6 Å². The van der Waals surface area contributed by atoms with Gasteiger partial charge in [-0.3, -0.25) is 52.7 Å². The molecule has 77 heavy (non-hydrogen) atoms. The quantitative estimate of drug-likeness (QED) is 0.0656. The number of hydrogen-bond donors (Lipinski definition) is 10. The fraction of sp³-hybridized carbons (Fsp3) is 0.481. The van der Waals surface area contributed by atoms with Gasteiger partial charge in [0, 0.05) is 12.5 Å². The summed E-state index contributed by atoms with van der Waals surface area (Å²) >= 11 is 0. The molecule has 418 valence electrons. The van der Waals surface area contributed by atoms with Gasteiger partial charge in [-0.1, -0.05) is 116 Å². The van der Waals surface area contributed by atoms with Gasteiger partial charge in [-0.05, 0) is 65.9 Å². The Morgan fingerprint density at radius 1 is 0.610 bits per heavy atom. The van der Waals surface area contributed by atoms with Crippen LogP contribution in [0.15, 0.2) is 66.7 Å². The zero-order valence-electron chi connectivity index (χ0n) is 44.9. The van der Waals surface area contributed by atoms with Gasteiger partial charge in [0.05, 0.1) is 19.5 Å². The number of esters is 1. The minimum absolute atomic E-state index is 0.0123. The zero-order chi connectivity index (χ0) is 57.5. The van der Waals surface area contributed by atoms with Crippen molar-refractivity contribution in [1.82, 2.24) is 47.9 Å². The normalized spacial score (nSPS) is 23.6. The second kappa shape index (κ2) is 31.0. The van der Waals surface area contributed by atoms with Crippen molar-refractivity contribution in [3.8, 4) is 0 Å². The first-order valence-corrected chi connectivity index (χ1v) is 25.4. The highest BCUT2D eigenvalue weighted by Crippen LogP contribution is 2.16.